The Labute approximate surface area is 328 Å². The second kappa shape index (κ2) is 14.1. The molecule has 0 atom stereocenters. The number of rotatable bonds is 6. The van der Waals surface area contributed by atoms with Crippen molar-refractivity contribution in [1.29, 1.82) is 0 Å². The van der Waals surface area contributed by atoms with Crippen molar-refractivity contribution in [3.63, 3.8) is 0 Å². The number of halogens is 6. The highest BCUT2D eigenvalue weighted by molar-refractivity contribution is 6.10. The Balaban J connectivity index is 1.37. The molecule has 10 heteroatoms. The monoisotopic (exact) mass is 776 g/mol. The van der Waals surface area contributed by atoms with E-state index < -0.39 is 23.5 Å². The summed E-state index contributed by atoms with van der Waals surface area (Å²) >= 11 is 0. The maximum absolute atomic E-state index is 14.2. The molecule has 0 aliphatic carbocycles. The van der Waals surface area contributed by atoms with Crippen molar-refractivity contribution in [2.75, 3.05) is 0 Å². The minimum atomic E-state index is -5.02. The van der Waals surface area contributed by atoms with Crippen LogP contribution in [0.2, 0.25) is 0 Å². The predicted molar refractivity (Wildman–Crippen MR) is 216 cm³/mol. The maximum atomic E-state index is 14.2. The lowest BCUT2D eigenvalue weighted by atomic mass is 9.97. The van der Waals surface area contributed by atoms with E-state index in [4.69, 9.17) is 15.0 Å². The van der Waals surface area contributed by atoms with Crippen molar-refractivity contribution in [3.05, 3.63) is 180 Å². The highest BCUT2D eigenvalue weighted by Gasteiger charge is 2.37. The van der Waals surface area contributed by atoms with Crippen LogP contribution in [0, 0.1) is 6.92 Å². The largest absolute Gasteiger partial charge is 0.416 e. The second-order valence-electron chi connectivity index (χ2n) is 14.0. The van der Waals surface area contributed by atoms with Gasteiger partial charge in [-0.2, -0.15) is 26.3 Å². The smallest absolute Gasteiger partial charge is 0.308 e. The third-order valence-corrected chi connectivity index (χ3v) is 10.2. The number of hydrogen-bond donors (Lipinski definition) is 0. The van der Waals surface area contributed by atoms with Gasteiger partial charge in [-0.25, -0.2) is 15.0 Å². The van der Waals surface area contributed by atoms with Crippen LogP contribution in [-0.4, -0.2) is 19.5 Å². The van der Waals surface area contributed by atoms with Crippen LogP contribution in [0.5, 0.6) is 0 Å². The molecule has 0 saturated carbocycles. The van der Waals surface area contributed by atoms with Gasteiger partial charge in [0.1, 0.15) is 0 Å². The number of alkyl halides is 6. The first-order chi connectivity index (χ1) is 27.9. The minimum Gasteiger partial charge on any atom is -0.308 e. The molecule has 0 bridgehead atoms. The van der Waals surface area contributed by atoms with E-state index in [0.717, 1.165) is 61.8 Å². The summed E-state index contributed by atoms with van der Waals surface area (Å²) in [6.45, 7) is 2.01. The Morgan fingerprint density at radius 2 is 0.897 bits per heavy atom. The van der Waals surface area contributed by atoms with Gasteiger partial charge >= 0.3 is 12.4 Å². The quantitative estimate of drug-likeness (QED) is 0.158. The summed E-state index contributed by atoms with van der Waals surface area (Å²) in [6, 6.07) is 47.1. The maximum Gasteiger partial charge on any atom is 0.416 e. The molecule has 284 valence electrons. The highest BCUT2D eigenvalue weighted by Crippen LogP contribution is 2.42. The van der Waals surface area contributed by atoms with Gasteiger partial charge in [-0.1, -0.05) is 127 Å². The lowest BCUT2D eigenvalue weighted by Gasteiger charge is -2.18. The third kappa shape index (κ3) is 6.87. The summed E-state index contributed by atoms with van der Waals surface area (Å²) in [6.07, 6.45) is -10.0. The fourth-order valence-corrected chi connectivity index (χ4v) is 7.29. The number of nitrogens with zero attached hydrogens (tertiary/aromatic N) is 4. The van der Waals surface area contributed by atoms with E-state index in [1.807, 2.05) is 139 Å². The van der Waals surface area contributed by atoms with E-state index in [0.29, 0.717) is 22.9 Å². The average molecular weight is 777 g/mol. The van der Waals surface area contributed by atoms with Gasteiger partial charge in [0.05, 0.1) is 27.8 Å². The molecular formula is C48H30F6N4. The molecule has 0 fully saturated rings. The van der Waals surface area contributed by atoms with Crippen LogP contribution in [0.25, 0.3) is 83.9 Å². The lowest BCUT2D eigenvalue weighted by molar-refractivity contribution is -0.143. The zero-order chi connectivity index (χ0) is 40.2. The van der Waals surface area contributed by atoms with Crippen molar-refractivity contribution < 1.29 is 26.3 Å². The van der Waals surface area contributed by atoms with Crippen LogP contribution in [0.3, 0.4) is 0 Å². The Hall–Kier alpha value is -7.07. The van der Waals surface area contributed by atoms with E-state index in [1.165, 1.54) is 6.07 Å². The molecule has 9 rings (SSSR count). The summed E-state index contributed by atoms with van der Waals surface area (Å²) in [5.74, 6) is 1.03. The summed E-state index contributed by atoms with van der Waals surface area (Å²) in [5, 5.41) is 1.79. The molecule has 0 aliphatic rings. The number of para-hydroxylation sites is 1. The molecule has 9 aromatic rings. The first-order valence-corrected chi connectivity index (χ1v) is 18.3. The molecule has 0 radical (unpaired) electrons. The number of fused-ring (bicyclic) bond motifs is 3. The summed E-state index contributed by atoms with van der Waals surface area (Å²) in [4.78, 5) is 14.8. The summed E-state index contributed by atoms with van der Waals surface area (Å²) in [7, 11) is 0. The Morgan fingerprint density at radius 1 is 0.397 bits per heavy atom. The molecule has 0 N–H and O–H groups in total. The Bertz CT molecular complexity index is 2880. The van der Waals surface area contributed by atoms with Crippen LogP contribution in [-0.2, 0) is 12.4 Å². The first kappa shape index (κ1) is 36.6. The summed E-state index contributed by atoms with van der Waals surface area (Å²) in [5.41, 5.74) is 3.97. The average Bonchev–Trinajstić information content (AvgIpc) is 3.57. The van der Waals surface area contributed by atoms with Crippen LogP contribution < -0.4 is 0 Å². The van der Waals surface area contributed by atoms with Crippen molar-refractivity contribution >= 4 is 21.8 Å². The van der Waals surface area contributed by atoms with E-state index in [1.54, 1.807) is 12.1 Å². The normalized spacial score (nSPS) is 12.1. The van der Waals surface area contributed by atoms with Crippen LogP contribution in [0.15, 0.2) is 164 Å². The van der Waals surface area contributed by atoms with Crippen molar-refractivity contribution in [2.24, 2.45) is 0 Å². The predicted octanol–water partition coefficient (Wildman–Crippen LogP) is 13.6. The molecule has 58 heavy (non-hydrogen) atoms. The van der Waals surface area contributed by atoms with Gasteiger partial charge in [0.2, 0.25) is 0 Å². The van der Waals surface area contributed by atoms with Gasteiger partial charge in [0, 0.05) is 27.5 Å². The van der Waals surface area contributed by atoms with Gasteiger partial charge in [-0.15, -0.1) is 0 Å². The zero-order valence-corrected chi connectivity index (χ0v) is 30.6. The molecular weight excluding hydrogens is 747 g/mol. The Kier molecular flexibility index (Phi) is 8.92. The van der Waals surface area contributed by atoms with Gasteiger partial charge in [-0.3, -0.25) is 0 Å². The topological polar surface area (TPSA) is 43.6 Å². The summed E-state index contributed by atoms with van der Waals surface area (Å²) < 4.78 is 86.9. The van der Waals surface area contributed by atoms with Crippen molar-refractivity contribution in [2.45, 2.75) is 19.3 Å². The standard InChI is InChI=1S/C48H30F6N4/c1-29-16-18-30(19-17-29)33-20-22-39-38-14-8-9-15-41(38)58(42(39)26-33)43-27-34(35-24-36(47(49,50)51)28-37(25-35)48(52,53)54)21-23-40(43)46-56-44(31-10-4-2-5-11-31)55-45(57-46)32-12-6-3-7-13-32/h2-28H,1H3. The molecule has 2 aromatic heterocycles. The molecule has 2 heterocycles. The molecule has 0 unspecified atom stereocenters. The van der Waals surface area contributed by atoms with E-state index in [-0.39, 0.29) is 23.0 Å². The van der Waals surface area contributed by atoms with E-state index >= 15 is 0 Å². The fraction of sp³-hybridized carbons (Fsp3) is 0.0625. The number of aryl methyl sites for hydroxylation is 1. The van der Waals surface area contributed by atoms with Gasteiger partial charge < -0.3 is 4.57 Å². The molecule has 0 aliphatic heterocycles. The first-order valence-electron chi connectivity index (χ1n) is 18.3. The van der Waals surface area contributed by atoms with Crippen LogP contribution in [0.1, 0.15) is 16.7 Å². The molecule has 4 nitrogen and oxygen atoms in total. The lowest BCUT2D eigenvalue weighted by Crippen LogP contribution is -2.11. The van der Waals surface area contributed by atoms with Crippen LogP contribution >= 0.6 is 0 Å². The number of aromatic nitrogens is 4. The SMILES string of the molecule is Cc1ccc(-c2ccc3c4ccccc4n(-c4cc(-c5cc(C(F)(F)F)cc(C(F)(F)F)c5)ccc4-c4nc(-c5ccccc5)nc(-c5ccccc5)n4)c3c2)cc1. The van der Waals surface area contributed by atoms with Gasteiger partial charge in [0.25, 0.3) is 0 Å². The van der Waals surface area contributed by atoms with E-state index in [9.17, 15) is 26.3 Å². The Morgan fingerprint density at radius 3 is 1.50 bits per heavy atom. The van der Waals surface area contributed by atoms with Crippen molar-refractivity contribution in [1.82, 2.24) is 19.5 Å². The highest BCUT2D eigenvalue weighted by atomic mass is 19.4. The molecule has 0 saturated heterocycles. The number of benzene rings is 7. The molecule has 7 aromatic carbocycles. The van der Waals surface area contributed by atoms with E-state index in [2.05, 4.69) is 0 Å². The fourth-order valence-electron chi connectivity index (χ4n) is 7.29. The second-order valence-corrected chi connectivity index (χ2v) is 14.0. The third-order valence-electron chi connectivity index (χ3n) is 10.2. The zero-order valence-electron chi connectivity index (χ0n) is 30.6. The minimum absolute atomic E-state index is 0.136. The molecule has 0 spiro atoms. The molecule has 0 amide bonds. The van der Waals surface area contributed by atoms with Crippen LogP contribution in [0.4, 0.5) is 26.3 Å². The number of hydrogen-bond acceptors (Lipinski definition) is 3. The van der Waals surface area contributed by atoms with Crippen molar-refractivity contribution in [3.8, 4) is 62.1 Å². The van der Waals surface area contributed by atoms with Gasteiger partial charge in [0.15, 0.2) is 17.5 Å². The van der Waals surface area contributed by atoms with Gasteiger partial charge in [-0.05, 0) is 71.6 Å².